The summed E-state index contributed by atoms with van der Waals surface area (Å²) in [5.74, 6) is 0.0706. The molecule has 2 aromatic rings. The maximum Gasteiger partial charge on any atom is 0.160 e. The largest absolute Gasteiger partial charge is 0.294 e. The standard InChI is InChI=1S/C26H31FN2O/c1-24(2,3)13-20-23-19(28-29-20)11-16-12-25(4,5)14-21(30)22(16)26(23)9-8-15-10-17(27)6-7-18(15)26/h6-7,10H,8-9,11-14H2,1-5H3,(H,28,29)/t26-/m0/s1. The number of carbonyl (C=O) groups excluding carboxylic acids is 1. The van der Waals surface area contributed by atoms with Gasteiger partial charge in [-0.15, -0.1) is 0 Å². The number of H-pyrrole nitrogens is 1. The van der Waals surface area contributed by atoms with Gasteiger partial charge in [-0.05, 0) is 59.8 Å². The van der Waals surface area contributed by atoms with Crippen LogP contribution in [0.15, 0.2) is 29.3 Å². The van der Waals surface area contributed by atoms with Gasteiger partial charge in [-0.2, -0.15) is 5.10 Å². The smallest absolute Gasteiger partial charge is 0.160 e. The highest BCUT2D eigenvalue weighted by molar-refractivity contribution is 6.02. The molecule has 0 saturated carbocycles. The number of fused-ring (bicyclic) bond motifs is 5. The van der Waals surface area contributed by atoms with E-state index in [0.717, 1.165) is 60.2 Å². The highest BCUT2D eigenvalue weighted by Gasteiger charge is 2.54. The molecule has 0 unspecified atom stereocenters. The van der Waals surface area contributed by atoms with E-state index >= 15 is 0 Å². The second-order valence-electron chi connectivity index (χ2n) is 11.6. The molecule has 1 aromatic heterocycles. The molecular weight excluding hydrogens is 375 g/mol. The molecule has 1 aromatic carbocycles. The monoisotopic (exact) mass is 406 g/mol. The van der Waals surface area contributed by atoms with E-state index in [1.165, 1.54) is 11.1 Å². The van der Waals surface area contributed by atoms with Crippen molar-refractivity contribution in [3.8, 4) is 0 Å². The first-order chi connectivity index (χ1) is 14.0. The molecule has 0 aliphatic heterocycles. The van der Waals surface area contributed by atoms with Gasteiger partial charge in [0.2, 0.25) is 0 Å². The Morgan fingerprint density at radius 1 is 1.20 bits per heavy atom. The van der Waals surface area contributed by atoms with Crippen LogP contribution in [-0.4, -0.2) is 16.0 Å². The molecule has 5 rings (SSSR count). The van der Waals surface area contributed by atoms with Gasteiger partial charge in [-0.1, -0.05) is 46.3 Å². The molecule has 0 amide bonds. The van der Waals surface area contributed by atoms with E-state index in [4.69, 9.17) is 5.10 Å². The van der Waals surface area contributed by atoms with E-state index in [9.17, 15) is 9.18 Å². The van der Waals surface area contributed by atoms with Crippen LogP contribution in [0, 0.1) is 16.6 Å². The van der Waals surface area contributed by atoms with Crippen LogP contribution in [0.5, 0.6) is 0 Å². The Hall–Kier alpha value is -2.23. The molecule has 0 radical (unpaired) electrons. The zero-order valence-corrected chi connectivity index (χ0v) is 18.7. The quantitative estimate of drug-likeness (QED) is 0.669. The highest BCUT2D eigenvalue weighted by Crippen LogP contribution is 2.58. The lowest BCUT2D eigenvalue weighted by Crippen LogP contribution is -2.42. The minimum Gasteiger partial charge on any atom is -0.294 e. The number of benzene rings is 1. The van der Waals surface area contributed by atoms with E-state index < -0.39 is 5.41 Å². The third-order valence-electron chi connectivity index (χ3n) is 7.12. The molecule has 1 N–H and O–H groups in total. The number of halogens is 1. The summed E-state index contributed by atoms with van der Waals surface area (Å²) in [4.78, 5) is 13.6. The van der Waals surface area contributed by atoms with Crippen molar-refractivity contribution in [1.82, 2.24) is 10.2 Å². The molecule has 0 fully saturated rings. The van der Waals surface area contributed by atoms with Gasteiger partial charge in [0.05, 0.1) is 11.1 Å². The molecule has 1 heterocycles. The first kappa shape index (κ1) is 19.7. The Bertz CT molecular complexity index is 1100. The highest BCUT2D eigenvalue weighted by atomic mass is 19.1. The van der Waals surface area contributed by atoms with Gasteiger partial charge >= 0.3 is 0 Å². The predicted molar refractivity (Wildman–Crippen MR) is 116 cm³/mol. The predicted octanol–water partition coefficient (Wildman–Crippen LogP) is 5.61. The second-order valence-corrected chi connectivity index (χ2v) is 11.6. The first-order valence-corrected chi connectivity index (χ1v) is 11.1. The Morgan fingerprint density at radius 3 is 2.70 bits per heavy atom. The Labute approximate surface area is 178 Å². The van der Waals surface area contributed by atoms with Crippen LogP contribution in [-0.2, 0) is 29.5 Å². The average Bonchev–Trinajstić information content (AvgIpc) is 3.14. The number of aromatic amines is 1. The van der Waals surface area contributed by atoms with Crippen molar-refractivity contribution in [2.45, 2.75) is 78.6 Å². The molecule has 3 nitrogen and oxygen atoms in total. The fraction of sp³-hybridized carbons (Fsp3) is 0.538. The number of carbonyl (C=O) groups is 1. The van der Waals surface area contributed by atoms with Crippen LogP contribution in [0.3, 0.4) is 0 Å². The van der Waals surface area contributed by atoms with Crippen molar-refractivity contribution in [1.29, 1.82) is 0 Å². The number of nitrogens with one attached hydrogen (secondary N) is 1. The SMILES string of the molecule is CC(C)(C)Cc1n[nH]c2c1[C@]1(CCc3cc(F)ccc31)C1=C(C2)CC(C)(C)CC1=O. The Kier molecular flexibility index (Phi) is 4.04. The fourth-order valence-corrected chi connectivity index (χ4v) is 6.32. The summed E-state index contributed by atoms with van der Waals surface area (Å²) in [5, 5.41) is 8.12. The van der Waals surface area contributed by atoms with Crippen LogP contribution in [0.2, 0.25) is 0 Å². The van der Waals surface area contributed by atoms with Crippen molar-refractivity contribution in [3.63, 3.8) is 0 Å². The summed E-state index contributed by atoms with van der Waals surface area (Å²) >= 11 is 0. The van der Waals surface area contributed by atoms with Gasteiger partial charge in [-0.3, -0.25) is 9.89 Å². The lowest BCUT2D eigenvalue weighted by atomic mass is 9.57. The lowest BCUT2D eigenvalue weighted by Gasteiger charge is -2.44. The number of Topliss-reactive ketones (excluding diaryl/α,β-unsaturated/α-hetero) is 1. The minimum atomic E-state index is -0.479. The molecule has 0 bridgehead atoms. The van der Waals surface area contributed by atoms with Gasteiger partial charge in [0, 0.05) is 29.7 Å². The zero-order valence-electron chi connectivity index (χ0n) is 18.7. The summed E-state index contributed by atoms with van der Waals surface area (Å²) in [6, 6.07) is 5.15. The van der Waals surface area contributed by atoms with E-state index in [-0.39, 0.29) is 22.4 Å². The van der Waals surface area contributed by atoms with Crippen LogP contribution in [0.25, 0.3) is 0 Å². The van der Waals surface area contributed by atoms with Crippen molar-refractivity contribution in [2.24, 2.45) is 10.8 Å². The number of nitrogens with zero attached hydrogens (tertiary/aromatic N) is 1. The normalized spacial score (nSPS) is 24.8. The molecular formula is C26H31FN2O. The molecule has 30 heavy (non-hydrogen) atoms. The lowest BCUT2D eigenvalue weighted by molar-refractivity contribution is -0.118. The number of aryl methyl sites for hydroxylation is 1. The van der Waals surface area contributed by atoms with Crippen LogP contribution >= 0.6 is 0 Å². The number of allylic oxidation sites excluding steroid dienone is 2. The van der Waals surface area contributed by atoms with E-state index in [1.807, 2.05) is 6.07 Å². The van der Waals surface area contributed by atoms with Crippen LogP contribution < -0.4 is 0 Å². The third kappa shape index (κ3) is 2.83. The number of hydrogen-bond donors (Lipinski definition) is 1. The Balaban J connectivity index is 1.80. The third-order valence-corrected chi connectivity index (χ3v) is 7.12. The maximum atomic E-state index is 14.1. The molecule has 3 aliphatic carbocycles. The summed E-state index contributed by atoms with van der Waals surface area (Å²) in [7, 11) is 0. The van der Waals surface area contributed by atoms with Gasteiger partial charge in [0.15, 0.2) is 5.78 Å². The van der Waals surface area contributed by atoms with E-state index in [1.54, 1.807) is 12.1 Å². The van der Waals surface area contributed by atoms with E-state index in [2.05, 4.69) is 39.7 Å². The molecule has 158 valence electrons. The van der Waals surface area contributed by atoms with Crippen molar-refractivity contribution >= 4 is 5.78 Å². The Morgan fingerprint density at radius 2 is 1.97 bits per heavy atom. The number of ketones is 1. The molecule has 0 saturated heterocycles. The number of rotatable bonds is 1. The van der Waals surface area contributed by atoms with Crippen molar-refractivity contribution < 1.29 is 9.18 Å². The number of aromatic nitrogens is 2. The molecule has 1 spiro atoms. The zero-order chi connectivity index (χ0) is 21.5. The maximum absolute atomic E-state index is 14.1. The summed E-state index contributed by atoms with van der Waals surface area (Å²) in [6.07, 6.45) is 4.74. The molecule has 3 aliphatic rings. The van der Waals surface area contributed by atoms with Crippen LogP contribution in [0.4, 0.5) is 4.39 Å². The van der Waals surface area contributed by atoms with Crippen molar-refractivity contribution in [3.05, 3.63) is 63.2 Å². The summed E-state index contributed by atoms with van der Waals surface area (Å²) in [5.41, 5.74) is 7.41. The summed E-state index contributed by atoms with van der Waals surface area (Å²) in [6.45, 7) is 11.0. The van der Waals surface area contributed by atoms with Gasteiger partial charge in [-0.25, -0.2) is 4.39 Å². The fourth-order valence-electron chi connectivity index (χ4n) is 6.32. The van der Waals surface area contributed by atoms with Crippen molar-refractivity contribution in [2.75, 3.05) is 0 Å². The number of hydrogen-bond acceptors (Lipinski definition) is 2. The first-order valence-electron chi connectivity index (χ1n) is 11.1. The van der Waals surface area contributed by atoms with Crippen LogP contribution in [0.1, 0.15) is 82.0 Å². The molecule has 4 heteroatoms. The van der Waals surface area contributed by atoms with Gasteiger partial charge in [0.1, 0.15) is 5.82 Å². The minimum absolute atomic E-state index is 0.0207. The van der Waals surface area contributed by atoms with Gasteiger partial charge < -0.3 is 0 Å². The summed E-state index contributed by atoms with van der Waals surface area (Å²) < 4.78 is 14.1. The topological polar surface area (TPSA) is 45.8 Å². The molecule has 1 atom stereocenters. The average molecular weight is 407 g/mol. The van der Waals surface area contributed by atoms with E-state index in [0.29, 0.717) is 6.42 Å². The second kappa shape index (κ2) is 6.15. The van der Waals surface area contributed by atoms with Gasteiger partial charge in [0.25, 0.3) is 0 Å².